The Kier molecular flexibility index (Phi) is 7.45. The number of nitrogens with zero attached hydrogens (tertiary/aromatic N) is 2. The number of aromatic nitrogens is 2. The third-order valence-electron chi connectivity index (χ3n) is 7.57. The summed E-state index contributed by atoms with van der Waals surface area (Å²) in [5.41, 5.74) is 2.65. The number of unbranched alkanes of at least 4 members (excludes halogenated alkanes) is 4. The van der Waals surface area contributed by atoms with E-state index in [1.54, 1.807) is 4.57 Å². The normalized spacial score (nSPS) is 20.0. The highest BCUT2D eigenvalue weighted by Gasteiger charge is 2.48. The highest BCUT2D eigenvalue weighted by molar-refractivity contribution is 5.86. The number of fused-ring (bicyclic) bond motifs is 5. The molecule has 1 unspecified atom stereocenters. The molecule has 2 aromatic heterocycles. The molecule has 0 N–H and O–H groups in total. The van der Waals surface area contributed by atoms with Gasteiger partial charge in [0.1, 0.15) is 6.61 Å². The van der Waals surface area contributed by atoms with Crippen molar-refractivity contribution in [2.45, 2.75) is 84.2 Å². The minimum absolute atomic E-state index is 0.0678. The van der Waals surface area contributed by atoms with Crippen LogP contribution in [0.5, 0.6) is 0 Å². The van der Waals surface area contributed by atoms with E-state index in [9.17, 15) is 9.59 Å². The van der Waals surface area contributed by atoms with Gasteiger partial charge >= 0.3 is 5.97 Å². The third-order valence-corrected chi connectivity index (χ3v) is 7.57. The van der Waals surface area contributed by atoms with Crippen LogP contribution in [0.4, 0.5) is 0 Å². The molecular formula is C30H36N2O5. The summed E-state index contributed by atoms with van der Waals surface area (Å²) < 4.78 is 19.9. The summed E-state index contributed by atoms with van der Waals surface area (Å²) in [5.74, 6) is -0.430. The molecule has 37 heavy (non-hydrogen) atoms. The summed E-state index contributed by atoms with van der Waals surface area (Å²) in [6, 6.07) is 11.9. The summed E-state index contributed by atoms with van der Waals surface area (Å²) in [6.07, 6.45) is 5.77. The number of esters is 1. The van der Waals surface area contributed by atoms with Crippen LogP contribution in [-0.4, -0.2) is 28.7 Å². The second kappa shape index (κ2) is 10.8. The first-order valence-electron chi connectivity index (χ1n) is 13.7. The van der Waals surface area contributed by atoms with E-state index < -0.39 is 17.8 Å². The SMILES string of the molecule is CCCCCOC1c2cc3ccccc3nc2-c2cc3c(c(=O)n21)COC(=O)[C@@]3(CC)OCCCCC. The molecule has 2 aliphatic rings. The zero-order valence-electron chi connectivity index (χ0n) is 22.0. The van der Waals surface area contributed by atoms with Crippen LogP contribution in [0.3, 0.4) is 0 Å². The number of benzene rings is 1. The summed E-state index contributed by atoms with van der Waals surface area (Å²) in [5, 5.41) is 0.995. The van der Waals surface area contributed by atoms with Crippen molar-refractivity contribution in [3.05, 3.63) is 63.4 Å². The molecule has 0 saturated carbocycles. The molecule has 0 aliphatic carbocycles. The van der Waals surface area contributed by atoms with Gasteiger partial charge in [0.15, 0.2) is 11.8 Å². The number of para-hydroxylation sites is 1. The minimum atomic E-state index is -1.30. The number of ether oxygens (including phenoxy) is 3. The van der Waals surface area contributed by atoms with E-state index >= 15 is 0 Å². The molecule has 0 amide bonds. The molecule has 2 atom stereocenters. The second-order valence-electron chi connectivity index (χ2n) is 9.96. The molecular weight excluding hydrogens is 468 g/mol. The number of carbonyl (C=O) groups is 1. The number of pyridine rings is 2. The molecule has 7 nitrogen and oxygen atoms in total. The molecule has 4 heterocycles. The van der Waals surface area contributed by atoms with Gasteiger partial charge in [0, 0.05) is 29.7 Å². The minimum Gasteiger partial charge on any atom is -0.458 e. The van der Waals surface area contributed by atoms with Crippen molar-refractivity contribution in [1.82, 2.24) is 9.55 Å². The molecule has 0 saturated heterocycles. The Bertz CT molecular complexity index is 1360. The van der Waals surface area contributed by atoms with Crippen molar-refractivity contribution < 1.29 is 19.0 Å². The van der Waals surface area contributed by atoms with Crippen molar-refractivity contribution in [3.8, 4) is 11.4 Å². The molecule has 196 valence electrons. The van der Waals surface area contributed by atoms with Crippen LogP contribution in [-0.2, 0) is 31.2 Å². The first kappa shape index (κ1) is 25.6. The molecule has 0 radical (unpaired) electrons. The van der Waals surface area contributed by atoms with E-state index in [1.807, 2.05) is 37.3 Å². The Labute approximate surface area is 217 Å². The molecule has 0 fully saturated rings. The zero-order chi connectivity index (χ0) is 26.0. The highest BCUT2D eigenvalue weighted by atomic mass is 16.6. The van der Waals surface area contributed by atoms with Gasteiger partial charge in [-0.1, -0.05) is 64.7 Å². The molecule has 7 heteroatoms. The highest BCUT2D eigenvalue weighted by Crippen LogP contribution is 2.44. The molecule has 0 spiro atoms. The summed E-state index contributed by atoms with van der Waals surface area (Å²) in [6.45, 7) is 7.08. The van der Waals surface area contributed by atoms with Gasteiger partial charge in [-0.05, 0) is 37.5 Å². The van der Waals surface area contributed by atoms with Crippen molar-refractivity contribution >= 4 is 16.9 Å². The van der Waals surface area contributed by atoms with Crippen molar-refractivity contribution in [3.63, 3.8) is 0 Å². The Hall–Kier alpha value is -3.03. The lowest BCUT2D eigenvalue weighted by Gasteiger charge is -2.36. The fraction of sp³-hybridized carbons (Fsp3) is 0.500. The van der Waals surface area contributed by atoms with E-state index in [0.29, 0.717) is 42.1 Å². The van der Waals surface area contributed by atoms with Crippen LogP contribution in [0.2, 0.25) is 0 Å². The van der Waals surface area contributed by atoms with Gasteiger partial charge in [-0.2, -0.15) is 0 Å². The van der Waals surface area contributed by atoms with Gasteiger partial charge in [0.05, 0.1) is 22.5 Å². The number of cyclic esters (lactones) is 1. The third kappa shape index (κ3) is 4.38. The second-order valence-corrected chi connectivity index (χ2v) is 9.96. The fourth-order valence-electron chi connectivity index (χ4n) is 5.49. The van der Waals surface area contributed by atoms with Crippen LogP contribution in [0, 0.1) is 0 Å². The van der Waals surface area contributed by atoms with Gasteiger partial charge in [0.25, 0.3) is 5.56 Å². The van der Waals surface area contributed by atoms with E-state index in [4.69, 9.17) is 19.2 Å². The number of carbonyl (C=O) groups excluding carboxylic acids is 1. The fourth-order valence-corrected chi connectivity index (χ4v) is 5.49. The standard InChI is InChI=1S/C30H36N2O5/c1-4-7-11-15-35-28-21-17-20-13-9-10-14-24(20)31-26(21)25-18-23-22(27(33)32(25)28)19-36-29(34)30(23,6-3)37-16-12-8-5-2/h9-10,13-14,17-18,28H,4-8,11-12,15-16,19H2,1-3H3/t28?,30-/m0/s1. The Morgan fingerprint density at radius 1 is 1.03 bits per heavy atom. The zero-order valence-corrected chi connectivity index (χ0v) is 22.0. The predicted molar refractivity (Wildman–Crippen MR) is 142 cm³/mol. The molecule has 0 bridgehead atoms. The number of hydrogen-bond acceptors (Lipinski definition) is 6. The van der Waals surface area contributed by atoms with Gasteiger partial charge < -0.3 is 14.2 Å². The van der Waals surface area contributed by atoms with Crippen LogP contribution >= 0.6 is 0 Å². The molecule has 5 rings (SSSR count). The molecule has 2 aliphatic heterocycles. The molecule has 3 aromatic rings. The van der Waals surface area contributed by atoms with Crippen LogP contribution < -0.4 is 5.56 Å². The van der Waals surface area contributed by atoms with E-state index in [-0.39, 0.29) is 12.2 Å². The lowest BCUT2D eigenvalue weighted by molar-refractivity contribution is -0.181. The van der Waals surface area contributed by atoms with Crippen LogP contribution in [0.15, 0.2) is 41.2 Å². The number of rotatable bonds is 11. The van der Waals surface area contributed by atoms with Gasteiger partial charge in [-0.15, -0.1) is 0 Å². The lowest BCUT2D eigenvalue weighted by Crippen LogP contribution is -2.47. The van der Waals surface area contributed by atoms with E-state index in [2.05, 4.69) is 19.9 Å². The number of hydrogen-bond donors (Lipinski definition) is 0. The largest absolute Gasteiger partial charge is 0.458 e. The maximum Gasteiger partial charge on any atom is 0.343 e. The topological polar surface area (TPSA) is 79.6 Å². The van der Waals surface area contributed by atoms with E-state index in [0.717, 1.165) is 55.0 Å². The van der Waals surface area contributed by atoms with Crippen molar-refractivity contribution in [2.75, 3.05) is 13.2 Å². The van der Waals surface area contributed by atoms with E-state index in [1.165, 1.54) is 0 Å². The Morgan fingerprint density at radius 3 is 2.54 bits per heavy atom. The lowest BCUT2D eigenvalue weighted by atomic mass is 9.85. The van der Waals surface area contributed by atoms with Gasteiger partial charge in [-0.25, -0.2) is 9.78 Å². The Balaban J connectivity index is 1.66. The summed E-state index contributed by atoms with van der Waals surface area (Å²) >= 11 is 0. The smallest absolute Gasteiger partial charge is 0.343 e. The Morgan fingerprint density at radius 2 is 1.78 bits per heavy atom. The van der Waals surface area contributed by atoms with Gasteiger partial charge in [0.2, 0.25) is 0 Å². The first-order chi connectivity index (χ1) is 18.1. The monoisotopic (exact) mass is 504 g/mol. The summed E-state index contributed by atoms with van der Waals surface area (Å²) in [4.78, 5) is 32.2. The maximum absolute atomic E-state index is 14.1. The average Bonchev–Trinajstić information content (AvgIpc) is 3.21. The molecule has 1 aromatic carbocycles. The average molecular weight is 505 g/mol. The van der Waals surface area contributed by atoms with Crippen molar-refractivity contribution in [2.24, 2.45) is 0 Å². The van der Waals surface area contributed by atoms with Crippen molar-refractivity contribution in [1.29, 1.82) is 0 Å². The van der Waals surface area contributed by atoms with Crippen LogP contribution in [0.1, 0.15) is 88.6 Å². The maximum atomic E-state index is 14.1. The quantitative estimate of drug-likeness (QED) is 0.235. The first-order valence-corrected chi connectivity index (χ1v) is 13.7. The predicted octanol–water partition coefficient (Wildman–Crippen LogP) is 6.00. The van der Waals surface area contributed by atoms with Gasteiger partial charge in [-0.3, -0.25) is 9.36 Å². The summed E-state index contributed by atoms with van der Waals surface area (Å²) in [7, 11) is 0. The van der Waals surface area contributed by atoms with Crippen LogP contribution in [0.25, 0.3) is 22.3 Å².